The second kappa shape index (κ2) is 7.70. The van der Waals surface area contributed by atoms with Crippen molar-refractivity contribution in [1.29, 1.82) is 0 Å². The third kappa shape index (κ3) is 4.39. The van der Waals surface area contributed by atoms with Crippen LogP contribution in [0.3, 0.4) is 0 Å². The summed E-state index contributed by atoms with van der Waals surface area (Å²) >= 11 is 5.93. The number of amides is 1. The zero-order chi connectivity index (χ0) is 17.7. The van der Waals surface area contributed by atoms with E-state index in [-0.39, 0.29) is 5.56 Å². The Morgan fingerprint density at radius 2 is 1.83 bits per heavy atom. The van der Waals surface area contributed by atoms with E-state index in [9.17, 15) is 18.4 Å². The van der Waals surface area contributed by atoms with Crippen molar-refractivity contribution in [2.24, 2.45) is 0 Å². The third-order valence-corrected chi connectivity index (χ3v) is 3.30. The minimum Gasteiger partial charge on any atom is -0.495 e. The van der Waals surface area contributed by atoms with Gasteiger partial charge in [-0.05, 0) is 42.5 Å². The predicted octanol–water partition coefficient (Wildman–Crippen LogP) is 4.00. The number of ether oxygens (including phenoxy) is 1. The first-order valence-corrected chi connectivity index (χ1v) is 7.10. The molecule has 2 aromatic rings. The van der Waals surface area contributed by atoms with Crippen LogP contribution in [-0.4, -0.2) is 18.8 Å². The van der Waals surface area contributed by atoms with Gasteiger partial charge in [-0.15, -0.1) is 0 Å². The fraction of sp³-hybridized carbons (Fsp3) is 0.0588. The summed E-state index contributed by atoms with van der Waals surface area (Å²) in [6.07, 6.45) is 1.95. The standard InChI is InChI=1S/C17H12ClF2NO3/c1-24-16-6-3-11(9-12(16)18)21-17(23)7-5-15(22)10-2-4-13(19)14(20)8-10/h2-9H,1H3,(H,21,23)/b7-5+. The summed E-state index contributed by atoms with van der Waals surface area (Å²) in [5, 5.41) is 2.83. The van der Waals surface area contributed by atoms with E-state index in [0.717, 1.165) is 30.4 Å². The highest BCUT2D eigenvalue weighted by atomic mass is 35.5. The summed E-state index contributed by atoms with van der Waals surface area (Å²) in [5.74, 6) is -2.93. The Morgan fingerprint density at radius 1 is 1.08 bits per heavy atom. The quantitative estimate of drug-likeness (QED) is 0.654. The first kappa shape index (κ1) is 17.6. The van der Waals surface area contributed by atoms with Gasteiger partial charge in [-0.3, -0.25) is 9.59 Å². The Hall–Kier alpha value is -2.73. The topological polar surface area (TPSA) is 55.4 Å². The van der Waals surface area contributed by atoms with Crippen LogP contribution in [0.15, 0.2) is 48.6 Å². The predicted molar refractivity (Wildman–Crippen MR) is 86.5 cm³/mol. The van der Waals surface area contributed by atoms with E-state index in [4.69, 9.17) is 16.3 Å². The fourth-order valence-corrected chi connectivity index (χ4v) is 2.08. The van der Waals surface area contributed by atoms with Crippen molar-refractivity contribution >= 4 is 29.0 Å². The number of hydrogen-bond donors (Lipinski definition) is 1. The molecule has 0 bridgehead atoms. The van der Waals surface area contributed by atoms with Crippen LogP contribution in [-0.2, 0) is 4.79 Å². The van der Waals surface area contributed by atoms with E-state index in [1.807, 2.05) is 0 Å². The normalized spacial score (nSPS) is 10.7. The number of halogens is 3. The lowest BCUT2D eigenvalue weighted by atomic mass is 10.1. The largest absolute Gasteiger partial charge is 0.495 e. The van der Waals surface area contributed by atoms with Crippen molar-refractivity contribution in [3.63, 3.8) is 0 Å². The number of nitrogens with one attached hydrogen (secondary N) is 1. The first-order valence-electron chi connectivity index (χ1n) is 6.72. The smallest absolute Gasteiger partial charge is 0.248 e. The molecule has 124 valence electrons. The zero-order valence-corrected chi connectivity index (χ0v) is 13.2. The van der Waals surface area contributed by atoms with Crippen molar-refractivity contribution in [2.75, 3.05) is 12.4 Å². The Bertz CT molecular complexity index is 821. The van der Waals surface area contributed by atoms with E-state index in [0.29, 0.717) is 16.5 Å². The van der Waals surface area contributed by atoms with Crippen molar-refractivity contribution in [1.82, 2.24) is 0 Å². The molecule has 24 heavy (non-hydrogen) atoms. The number of methoxy groups -OCH3 is 1. The molecule has 0 fully saturated rings. The zero-order valence-electron chi connectivity index (χ0n) is 12.5. The molecule has 2 aromatic carbocycles. The number of allylic oxidation sites excluding steroid dienone is 1. The number of carbonyl (C=O) groups is 2. The van der Waals surface area contributed by atoms with Gasteiger partial charge in [0.2, 0.25) is 5.91 Å². The van der Waals surface area contributed by atoms with Crippen LogP contribution in [0.25, 0.3) is 0 Å². The highest BCUT2D eigenvalue weighted by Gasteiger charge is 2.08. The molecule has 0 aliphatic carbocycles. The maximum absolute atomic E-state index is 13.1. The van der Waals surface area contributed by atoms with Gasteiger partial charge in [-0.2, -0.15) is 0 Å². The molecule has 1 N–H and O–H groups in total. The van der Waals surface area contributed by atoms with Gasteiger partial charge in [0.05, 0.1) is 12.1 Å². The lowest BCUT2D eigenvalue weighted by molar-refractivity contribution is -0.111. The molecule has 0 radical (unpaired) electrons. The number of benzene rings is 2. The van der Waals surface area contributed by atoms with Crippen LogP contribution >= 0.6 is 11.6 Å². The number of hydrogen-bond acceptors (Lipinski definition) is 3. The lowest BCUT2D eigenvalue weighted by Crippen LogP contribution is -2.09. The fourth-order valence-electron chi connectivity index (χ4n) is 1.83. The van der Waals surface area contributed by atoms with E-state index in [2.05, 4.69) is 5.32 Å². The number of carbonyl (C=O) groups excluding carboxylic acids is 2. The van der Waals surface area contributed by atoms with Gasteiger partial charge < -0.3 is 10.1 Å². The van der Waals surface area contributed by atoms with Gasteiger partial charge in [0, 0.05) is 17.3 Å². The molecule has 4 nitrogen and oxygen atoms in total. The summed E-state index contributed by atoms with van der Waals surface area (Å²) in [5.41, 5.74) is 0.348. The molecule has 0 unspecified atom stereocenters. The van der Waals surface area contributed by atoms with Gasteiger partial charge in [0.1, 0.15) is 5.75 Å². The molecule has 0 aromatic heterocycles. The van der Waals surface area contributed by atoms with Crippen molar-refractivity contribution in [3.8, 4) is 5.75 Å². The van der Waals surface area contributed by atoms with E-state index in [1.54, 1.807) is 12.1 Å². The Labute approximate surface area is 141 Å². The molecular formula is C17H12ClF2NO3. The molecule has 0 aliphatic rings. The van der Waals surface area contributed by atoms with Crippen molar-refractivity contribution in [3.05, 3.63) is 70.8 Å². The highest BCUT2D eigenvalue weighted by Crippen LogP contribution is 2.27. The van der Waals surface area contributed by atoms with Crippen molar-refractivity contribution in [2.45, 2.75) is 0 Å². The van der Waals surface area contributed by atoms with Crippen LogP contribution < -0.4 is 10.1 Å². The molecule has 0 saturated carbocycles. The molecule has 0 spiro atoms. The molecule has 7 heteroatoms. The molecule has 1 amide bonds. The minimum atomic E-state index is -1.13. The monoisotopic (exact) mass is 351 g/mol. The SMILES string of the molecule is COc1ccc(NC(=O)/C=C/C(=O)c2ccc(F)c(F)c2)cc1Cl. The Kier molecular flexibility index (Phi) is 5.65. The molecule has 2 rings (SSSR count). The molecule has 0 saturated heterocycles. The molecular weight excluding hydrogens is 340 g/mol. The number of rotatable bonds is 5. The average molecular weight is 352 g/mol. The molecule has 0 heterocycles. The summed E-state index contributed by atoms with van der Waals surface area (Å²) in [4.78, 5) is 23.6. The first-order chi connectivity index (χ1) is 11.4. The maximum atomic E-state index is 13.1. The van der Waals surface area contributed by atoms with E-state index in [1.165, 1.54) is 13.2 Å². The highest BCUT2D eigenvalue weighted by molar-refractivity contribution is 6.32. The summed E-state index contributed by atoms with van der Waals surface area (Å²) in [7, 11) is 1.46. The van der Waals surface area contributed by atoms with Gasteiger partial charge in [0.25, 0.3) is 0 Å². The molecule has 0 atom stereocenters. The minimum absolute atomic E-state index is 0.0644. The number of anilines is 1. The summed E-state index contributed by atoms with van der Waals surface area (Å²) < 4.78 is 30.9. The second-order valence-corrected chi connectivity index (χ2v) is 5.07. The van der Waals surface area contributed by atoms with Crippen LogP contribution in [0.4, 0.5) is 14.5 Å². The van der Waals surface area contributed by atoms with Crippen LogP contribution in [0, 0.1) is 11.6 Å². The second-order valence-electron chi connectivity index (χ2n) is 4.67. The molecule has 0 aliphatic heterocycles. The third-order valence-electron chi connectivity index (χ3n) is 3.01. The average Bonchev–Trinajstić information content (AvgIpc) is 2.55. The van der Waals surface area contributed by atoms with Crippen LogP contribution in [0.2, 0.25) is 5.02 Å². The lowest BCUT2D eigenvalue weighted by Gasteiger charge is -2.06. The maximum Gasteiger partial charge on any atom is 0.248 e. The Morgan fingerprint density at radius 3 is 2.46 bits per heavy atom. The van der Waals surface area contributed by atoms with E-state index < -0.39 is 23.3 Å². The summed E-state index contributed by atoms with van der Waals surface area (Å²) in [6.45, 7) is 0. The van der Waals surface area contributed by atoms with Crippen LogP contribution in [0.5, 0.6) is 5.75 Å². The summed E-state index contributed by atoms with van der Waals surface area (Å²) in [6, 6.07) is 7.39. The van der Waals surface area contributed by atoms with E-state index >= 15 is 0 Å². The van der Waals surface area contributed by atoms with Gasteiger partial charge in [-0.25, -0.2) is 8.78 Å². The van der Waals surface area contributed by atoms with Gasteiger partial charge >= 0.3 is 0 Å². The van der Waals surface area contributed by atoms with Gasteiger partial charge in [0.15, 0.2) is 17.4 Å². The Balaban J connectivity index is 2.03. The van der Waals surface area contributed by atoms with Gasteiger partial charge in [-0.1, -0.05) is 11.6 Å². The van der Waals surface area contributed by atoms with Crippen molar-refractivity contribution < 1.29 is 23.1 Å². The number of ketones is 1. The van der Waals surface area contributed by atoms with Crippen LogP contribution in [0.1, 0.15) is 10.4 Å².